The number of hydrogen-bond donors (Lipinski definition) is 2. The average molecular weight is 470 g/mol. The van der Waals surface area contributed by atoms with Crippen LogP contribution in [0.3, 0.4) is 0 Å². The van der Waals surface area contributed by atoms with Crippen molar-refractivity contribution >= 4 is 33.2 Å². The summed E-state index contributed by atoms with van der Waals surface area (Å²) in [7, 11) is 0. The molecule has 0 spiro atoms. The van der Waals surface area contributed by atoms with Gasteiger partial charge in [0, 0.05) is 28.2 Å². The molecule has 2 N–H and O–H groups in total. The molecule has 4 rings (SSSR count). The highest BCUT2D eigenvalue weighted by Gasteiger charge is 2.27. The summed E-state index contributed by atoms with van der Waals surface area (Å²) in [4.78, 5) is 23.6. The van der Waals surface area contributed by atoms with Gasteiger partial charge in [-0.1, -0.05) is 15.9 Å². The first-order valence-corrected chi connectivity index (χ1v) is 10.4. The van der Waals surface area contributed by atoms with Crippen molar-refractivity contribution in [2.75, 3.05) is 18.4 Å². The second-order valence-electron chi connectivity index (χ2n) is 7.11. The van der Waals surface area contributed by atoms with Crippen molar-refractivity contribution in [3.05, 3.63) is 80.6 Å². The van der Waals surface area contributed by atoms with Gasteiger partial charge < -0.3 is 10.6 Å². The Morgan fingerprint density at radius 2 is 1.80 bits per heavy atom. The second kappa shape index (κ2) is 8.76. The van der Waals surface area contributed by atoms with Gasteiger partial charge in [0.05, 0.1) is 28.1 Å². The molecule has 0 unspecified atom stereocenters. The molecule has 0 aliphatic carbocycles. The van der Waals surface area contributed by atoms with Gasteiger partial charge in [0.1, 0.15) is 0 Å². The summed E-state index contributed by atoms with van der Waals surface area (Å²) in [6.07, 6.45) is 3.35. The van der Waals surface area contributed by atoms with Crippen molar-refractivity contribution in [1.29, 1.82) is 0 Å². The highest BCUT2D eigenvalue weighted by atomic mass is 79.9. The Morgan fingerprint density at radius 3 is 2.43 bits per heavy atom. The van der Waals surface area contributed by atoms with E-state index in [4.69, 9.17) is 0 Å². The number of halogens is 1. The van der Waals surface area contributed by atoms with Gasteiger partial charge >= 0.3 is 0 Å². The number of amides is 1. The molecule has 9 heteroatoms. The molecule has 1 aliphatic heterocycles. The van der Waals surface area contributed by atoms with Crippen LogP contribution in [0.2, 0.25) is 0 Å². The maximum absolute atomic E-state index is 13.1. The lowest BCUT2D eigenvalue weighted by Crippen LogP contribution is -2.29. The summed E-state index contributed by atoms with van der Waals surface area (Å²) in [5.74, 6) is -0.0615. The molecule has 1 fully saturated rings. The summed E-state index contributed by atoms with van der Waals surface area (Å²) in [5, 5.41) is 21.7. The number of hydrogen-bond acceptors (Lipinski definition) is 5. The van der Waals surface area contributed by atoms with Gasteiger partial charge in [-0.15, -0.1) is 0 Å². The topological polar surface area (TPSA) is 102 Å². The molecule has 1 aromatic heterocycles. The van der Waals surface area contributed by atoms with Gasteiger partial charge in [-0.25, -0.2) is 4.68 Å². The number of rotatable bonds is 5. The number of non-ortho nitro benzene ring substituents is 1. The zero-order valence-corrected chi connectivity index (χ0v) is 17.6. The minimum Gasteiger partial charge on any atom is -0.322 e. The van der Waals surface area contributed by atoms with E-state index in [0.717, 1.165) is 36.1 Å². The van der Waals surface area contributed by atoms with Gasteiger partial charge in [0.25, 0.3) is 11.6 Å². The number of carbonyl (C=O) groups is 1. The highest BCUT2D eigenvalue weighted by molar-refractivity contribution is 9.10. The van der Waals surface area contributed by atoms with E-state index in [2.05, 4.69) is 31.7 Å². The van der Waals surface area contributed by atoms with Crippen molar-refractivity contribution in [2.45, 2.75) is 18.8 Å². The lowest BCUT2D eigenvalue weighted by molar-refractivity contribution is -0.384. The van der Waals surface area contributed by atoms with E-state index in [9.17, 15) is 14.9 Å². The molecule has 2 aromatic carbocycles. The molecule has 1 saturated heterocycles. The normalized spacial score (nSPS) is 14.4. The van der Waals surface area contributed by atoms with E-state index in [0.29, 0.717) is 16.9 Å². The molecule has 8 nitrogen and oxygen atoms in total. The van der Waals surface area contributed by atoms with Crippen LogP contribution in [0.15, 0.2) is 59.2 Å². The number of piperidine rings is 1. The maximum Gasteiger partial charge on any atom is 0.269 e. The van der Waals surface area contributed by atoms with E-state index >= 15 is 0 Å². The molecule has 2 heterocycles. The minimum atomic E-state index is -0.433. The number of anilines is 1. The number of nitrogens with zero attached hydrogens (tertiary/aromatic N) is 3. The maximum atomic E-state index is 13.1. The first kappa shape index (κ1) is 20.2. The third kappa shape index (κ3) is 4.27. The SMILES string of the molecule is O=C(Nc1ccc(Br)cc1)c1cnn(-c2ccc([N+](=O)[O-])cc2)c1C1CCNCC1. The highest BCUT2D eigenvalue weighted by Crippen LogP contribution is 2.31. The molecule has 1 aliphatic rings. The van der Waals surface area contributed by atoms with Crippen LogP contribution in [0.1, 0.15) is 34.8 Å². The van der Waals surface area contributed by atoms with Crippen LogP contribution in [0.4, 0.5) is 11.4 Å². The van der Waals surface area contributed by atoms with E-state index in [-0.39, 0.29) is 17.5 Å². The number of carbonyl (C=O) groups excluding carboxylic acids is 1. The zero-order valence-electron chi connectivity index (χ0n) is 16.0. The predicted octanol–water partition coefficient (Wildman–Crippen LogP) is 4.26. The van der Waals surface area contributed by atoms with Gasteiger partial charge in [-0.3, -0.25) is 14.9 Å². The van der Waals surface area contributed by atoms with Gasteiger partial charge in [-0.05, 0) is 62.3 Å². The monoisotopic (exact) mass is 469 g/mol. The summed E-state index contributed by atoms with van der Waals surface area (Å²) < 4.78 is 2.66. The van der Waals surface area contributed by atoms with Gasteiger partial charge in [0.15, 0.2) is 0 Å². The van der Waals surface area contributed by atoms with Crippen LogP contribution in [0.25, 0.3) is 5.69 Å². The fourth-order valence-corrected chi connectivity index (χ4v) is 3.94. The summed E-state index contributed by atoms with van der Waals surface area (Å²) in [5.41, 5.74) is 2.75. The summed E-state index contributed by atoms with van der Waals surface area (Å²) in [6, 6.07) is 13.6. The molecule has 1 amide bonds. The molecular formula is C21H20BrN5O3. The molecule has 0 saturated carbocycles. The van der Waals surface area contributed by atoms with Crippen molar-refractivity contribution in [3.8, 4) is 5.69 Å². The first-order valence-electron chi connectivity index (χ1n) is 9.63. The van der Waals surface area contributed by atoms with Crippen LogP contribution in [-0.4, -0.2) is 33.7 Å². The first-order chi connectivity index (χ1) is 14.5. The molecular weight excluding hydrogens is 450 g/mol. The Balaban J connectivity index is 1.70. The fourth-order valence-electron chi connectivity index (χ4n) is 3.67. The fraction of sp³-hybridized carbons (Fsp3) is 0.238. The quantitative estimate of drug-likeness (QED) is 0.429. The Kier molecular flexibility index (Phi) is 5.91. The van der Waals surface area contributed by atoms with Crippen LogP contribution in [0, 0.1) is 10.1 Å². The molecule has 0 atom stereocenters. The lowest BCUT2D eigenvalue weighted by Gasteiger charge is -2.24. The van der Waals surface area contributed by atoms with Gasteiger partial charge in [0.2, 0.25) is 0 Å². The Labute approximate surface area is 181 Å². The molecule has 0 radical (unpaired) electrons. The molecule has 30 heavy (non-hydrogen) atoms. The van der Waals surface area contributed by atoms with Crippen molar-refractivity contribution in [3.63, 3.8) is 0 Å². The number of aromatic nitrogens is 2. The van der Waals surface area contributed by atoms with E-state index in [1.165, 1.54) is 12.1 Å². The Hall–Kier alpha value is -3.04. The number of nitro benzene ring substituents is 1. The van der Waals surface area contributed by atoms with Crippen molar-refractivity contribution in [2.24, 2.45) is 0 Å². The van der Waals surface area contributed by atoms with E-state index < -0.39 is 4.92 Å². The average Bonchev–Trinajstić information content (AvgIpc) is 3.21. The Morgan fingerprint density at radius 1 is 1.13 bits per heavy atom. The summed E-state index contributed by atoms with van der Waals surface area (Å²) in [6.45, 7) is 1.73. The number of benzene rings is 2. The number of nitro groups is 1. The standard InChI is InChI=1S/C21H20BrN5O3/c22-15-1-3-16(4-2-15)25-21(28)19-13-24-26(20(19)14-9-11-23-12-10-14)17-5-7-18(8-6-17)27(29)30/h1-8,13-14,23H,9-12H2,(H,25,28). The van der Waals surface area contributed by atoms with Crippen LogP contribution in [0.5, 0.6) is 0 Å². The van der Waals surface area contributed by atoms with E-state index in [1.807, 2.05) is 24.3 Å². The molecule has 0 bridgehead atoms. The largest absolute Gasteiger partial charge is 0.322 e. The minimum absolute atomic E-state index is 0.0162. The van der Waals surface area contributed by atoms with Crippen LogP contribution >= 0.6 is 15.9 Å². The Bertz CT molecular complexity index is 1060. The zero-order chi connectivity index (χ0) is 21.1. The van der Waals surface area contributed by atoms with Gasteiger partial charge in [-0.2, -0.15) is 5.10 Å². The van der Waals surface area contributed by atoms with E-state index in [1.54, 1.807) is 23.0 Å². The third-order valence-electron chi connectivity index (χ3n) is 5.18. The third-order valence-corrected chi connectivity index (χ3v) is 5.71. The smallest absolute Gasteiger partial charge is 0.269 e. The lowest BCUT2D eigenvalue weighted by atomic mass is 9.91. The van der Waals surface area contributed by atoms with Crippen molar-refractivity contribution in [1.82, 2.24) is 15.1 Å². The number of nitrogens with one attached hydrogen (secondary N) is 2. The second-order valence-corrected chi connectivity index (χ2v) is 8.03. The summed E-state index contributed by atoms with van der Waals surface area (Å²) >= 11 is 3.39. The van der Waals surface area contributed by atoms with Crippen LogP contribution in [-0.2, 0) is 0 Å². The van der Waals surface area contributed by atoms with Crippen molar-refractivity contribution < 1.29 is 9.72 Å². The molecule has 154 valence electrons. The predicted molar refractivity (Wildman–Crippen MR) is 117 cm³/mol. The van der Waals surface area contributed by atoms with Crippen LogP contribution < -0.4 is 10.6 Å². The molecule has 3 aromatic rings.